The minimum absolute atomic E-state index is 0.0401. The summed E-state index contributed by atoms with van der Waals surface area (Å²) in [6, 6.07) is 10.9. The fraction of sp³-hybridized carbons (Fsp3) is 0.348. The van der Waals surface area contributed by atoms with Crippen LogP contribution < -0.4 is 10.6 Å². The molecular weight excluding hydrogens is 385 g/mol. The van der Waals surface area contributed by atoms with Crippen LogP contribution in [0, 0.1) is 12.7 Å². The third-order valence-corrected chi connectivity index (χ3v) is 5.38. The van der Waals surface area contributed by atoms with Crippen LogP contribution >= 0.6 is 0 Å². The fourth-order valence-corrected chi connectivity index (χ4v) is 3.40. The Morgan fingerprint density at radius 2 is 1.77 bits per heavy atom. The van der Waals surface area contributed by atoms with Gasteiger partial charge in [0.05, 0.1) is 0 Å². The van der Waals surface area contributed by atoms with E-state index in [4.69, 9.17) is 0 Å². The Balaban J connectivity index is 1.77. The van der Waals surface area contributed by atoms with E-state index >= 15 is 0 Å². The second kappa shape index (κ2) is 7.55. The minimum atomic E-state index is -1.26. The average Bonchev–Trinajstić information content (AvgIpc) is 2.88. The lowest BCUT2D eigenvalue weighted by Crippen LogP contribution is -2.42. The minimum Gasteiger partial charge on any atom is -0.324 e. The number of carbonyl (C=O) groups excluding carboxylic acids is 3. The van der Waals surface area contributed by atoms with Crippen LogP contribution in [-0.4, -0.2) is 29.3 Å². The van der Waals surface area contributed by atoms with E-state index in [1.165, 1.54) is 18.2 Å². The van der Waals surface area contributed by atoms with Gasteiger partial charge in [0.15, 0.2) is 0 Å². The summed E-state index contributed by atoms with van der Waals surface area (Å²) in [7, 11) is 0. The van der Waals surface area contributed by atoms with Gasteiger partial charge in [0, 0.05) is 5.69 Å². The molecule has 3 rings (SSSR count). The Morgan fingerprint density at radius 1 is 1.13 bits per heavy atom. The largest absolute Gasteiger partial charge is 0.325 e. The van der Waals surface area contributed by atoms with Crippen molar-refractivity contribution in [3.05, 3.63) is 65.0 Å². The molecule has 0 spiro atoms. The number of imide groups is 1. The monoisotopic (exact) mass is 411 g/mol. The van der Waals surface area contributed by atoms with Crippen molar-refractivity contribution in [3.8, 4) is 0 Å². The number of urea groups is 1. The Hall–Kier alpha value is -3.22. The second-order valence-electron chi connectivity index (χ2n) is 8.78. The van der Waals surface area contributed by atoms with Gasteiger partial charge in [0.2, 0.25) is 5.91 Å². The lowest BCUT2D eigenvalue weighted by Gasteiger charge is -2.24. The van der Waals surface area contributed by atoms with E-state index in [-0.39, 0.29) is 5.41 Å². The molecule has 0 saturated carbocycles. The summed E-state index contributed by atoms with van der Waals surface area (Å²) in [5.74, 6) is -1.58. The van der Waals surface area contributed by atoms with Crippen molar-refractivity contribution in [3.63, 3.8) is 0 Å². The molecule has 1 heterocycles. The number of benzene rings is 2. The molecule has 1 aliphatic heterocycles. The summed E-state index contributed by atoms with van der Waals surface area (Å²) in [5.41, 5.74) is 1.41. The zero-order valence-electron chi connectivity index (χ0n) is 17.8. The van der Waals surface area contributed by atoms with Crippen molar-refractivity contribution < 1.29 is 18.8 Å². The van der Waals surface area contributed by atoms with Crippen LogP contribution in [0.4, 0.5) is 14.9 Å². The van der Waals surface area contributed by atoms with Crippen molar-refractivity contribution in [1.82, 2.24) is 10.2 Å². The quantitative estimate of drug-likeness (QED) is 0.751. The summed E-state index contributed by atoms with van der Waals surface area (Å²) in [6.07, 6.45) is 0. The Morgan fingerprint density at radius 3 is 2.37 bits per heavy atom. The number of rotatable bonds is 4. The molecule has 0 aliphatic carbocycles. The molecule has 1 unspecified atom stereocenters. The number of carbonyl (C=O) groups is 3. The van der Waals surface area contributed by atoms with Gasteiger partial charge >= 0.3 is 6.03 Å². The Labute approximate surface area is 175 Å². The predicted octanol–water partition coefficient (Wildman–Crippen LogP) is 3.84. The van der Waals surface area contributed by atoms with Crippen LogP contribution in [0.25, 0.3) is 0 Å². The van der Waals surface area contributed by atoms with Crippen molar-refractivity contribution in [2.45, 2.75) is 45.6 Å². The third kappa shape index (κ3) is 4.06. The fourth-order valence-electron chi connectivity index (χ4n) is 3.40. The highest BCUT2D eigenvalue weighted by Crippen LogP contribution is 2.31. The Bertz CT molecular complexity index is 1010. The van der Waals surface area contributed by atoms with Gasteiger partial charge < -0.3 is 10.6 Å². The lowest BCUT2D eigenvalue weighted by molar-refractivity contribution is -0.133. The van der Waals surface area contributed by atoms with Crippen LogP contribution in [0.2, 0.25) is 0 Å². The van der Waals surface area contributed by atoms with Crippen LogP contribution in [-0.2, 0) is 20.5 Å². The average molecular weight is 411 g/mol. The van der Waals surface area contributed by atoms with Crippen LogP contribution in [0.15, 0.2) is 42.5 Å². The highest BCUT2D eigenvalue weighted by molar-refractivity contribution is 6.10. The molecule has 1 saturated heterocycles. The maximum absolute atomic E-state index is 13.4. The standard InChI is InChI=1S/C23H26FN3O3/c1-14-6-11-17(24)12-18(14)25-19(28)13-27-20(29)23(5,26-21(27)30)16-9-7-15(8-10-16)22(2,3)4/h6-12H,13H2,1-5H3,(H,25,28)(H,26,30). The molecule has 7 heteroatoms. The number of anilines is 1. The van der Waals surface area contributed by atoms with Gasteiger partial charge in [-0.1, -0.05) is 51.1 Å². The molecule has 0 radical (unpaired) electrons. The lowest BCUT2D eigenvalue weighted by atomic mass is 9.84. The number of aryl methyl sites for hydroxylation is 1. The second-order valence-corrected chi connectivity index (χ2v) is 8.78. The molecule has 158 valence electrons. The number of hydrogen-bond acceptors (Lipinski definition) is 3. The first-order valence-electron chi connectivity index (χ1n) is 9.73. The first-order chi connectivity index (χ1) is 13.9. The van der Waals surface area contributed by atoms with Crippen molar-refractivity contribution in [2.24, 2.45) is 0 Å². The number of amides is 4. The first kappa shape index (κ1) is 21.5. The maximum atomic E-state index is 13.4. The number of nitrogens with one attached hydrogen (secondary N) is 2. The van der Waals surface area contributed by atoms with Gasteiger partial charge in [-0.05, 0) is 48.1 Å². The molecule has 1 fully saturated rings. The summed E-state index contributed by atoms with van der Waals surface area (Å²) < 4.78 is 13.4. The van der Waals surface area contributed by atoms with Gasteiger partial charge in [-0.25, -0.2) is 9.18 Å². The molecule has 4 amide bonds. The SMILES string of the molecule is Cc1ccc(F)cc1NC(=O)CN1C(=O)NC(C)(c2ccc(C(C)(C)C)cc2)C1=O. The molecule has 1 aliphatic rings. The molecule has 1 atom stereocenters. The topological polar surface area (TPSA) is 78.5 Å². The summed E-state index contributed by atoms with van der Waals surface area (Å²) in [6.45, 7) is 9.15. The number of halogens is 1. The maximum Gasteiger partial charge on any atom is 0.325 e. The normalized spacial score (nSPS) is 19.1. The molecule has 6 nitrogen and oxygen atoms in total. The summed E-state index contributed by atoms with van der Waals surface area (Å²) >= 11 is 0. The first-order valence-corrected chi connectivity index (χ1v) is 9.73. The highest BCUT2D eigenvalue weighted by atomic mass is 19.1. The predicted molar refractivity (Wildman–Crippen MR) is 113 cm³/mol. The van der Waals surface area contributed by atoms with E-state index < -0.39 is 35.7 Å². The van der Waals surface area contributed by atoms with Crippen LogP contribution in [0.5, 0.6) is 0 Å². The van der Waals surface area contributed by atoms with E-state index in [2.05, 4.69) is 31.4 Å². The number of nitrogens with zero attached hydrogens (tertiary/aromatic N) is 1. The van der Waals surface area contributed by atoms with Crippen LogP contribution in [0.1, 0.15) is 44.4 Å². The van der Waals surface area contributed by atoms with E-state index in [1.54, 1.807) is 13.8 Å². The van der Waals surface area contributed by atoms with Crippen molar-refractivity contribution >= 4 is 23.5 Å². The Kier molecular flexibility index (Phi) is 5.41. The highest BCUT2D eigenvalue weighted by Gasteiger charge is 2.49. The van der Waals surface area contributed by atoms with Gasteiger partial charge in [-0.3, -0.25) is 14.5 Å². The van der Waals surface area contributed by atoms with Gasteiger partial charge in [-0.2, -0.15) is 0 Å². The summed E-state index contributed by atoms with van der Waals surface area (Å²) in [4.78, 5) is 38.8. The van der Waals surface area contributed by atoms with E-state index in [1.807, 2.05) is 24.3 Å². The van der Waals surface area contributed by atoms with E-state index in [0.717, 1.165) is 10.5 Å². The van der Waals surface area contributed by atoms with E-state index in [9.17, 15) is 18.8 Å². The summed E-state index contributed by atoms with van der Waals surface area (Å²) in [5, 5.41) is 5.25. The molecule has 0 aromatic heterocycles. The molecule has 2 N–H and O–H groups in total. The van der Waals surface area contributed by atoms with Crippen molar-refractivity contribution in [2.75, 3.05) is 11.9 Å². The number of hydrogen-bond donors (Lipinski definition) is 2. The van der Waals surface area contributed by atoms with E-state index in [0.29, 0.717) is 16.8 Å². The molecular formula is C23H26FN3O3. The molecule has 30 heavy (non-hydrogen) atoms. The van der Waals surface area contributed by atoms with Crippen LogP contribution in [0.3, 0.4) is 0 Å². The zero-order valence-corrected chi connectivity index (χ0v) is 17.8. The molecule has 0 bridgehead atoms. The third-order valence-electron chi connectivity index (χ3n) is 5.38. The zero-order chi connectivity index (χ0) is 22.3. The van der Waals surface area contributed by atoms with Gasteiger partial charge in [0.25, 0.3) is 5.91 Å². The van der Waals surface area contributed by atoms with Gasteiger partial charge in [0.1, 0.15) is 17.9 Å². The smallest absolute Gasteiger partial charge is 0.324 e. The van der Waals surface area contributed by atoms with Gasteiger partial charge in [-0.15, -0.1) is 0 Å². The molecule has 2 aromatic carbocycles. The molecule has 2 aromatic rings. The van der Waals surface area contributed by atoms with Crippen molar-refractivity contribution in [1.29, 1.82) is 0 Å².